The molecule has 1 heterocycles. The van der Waals surface area contributed by atoms with Crippen LogP contribution in [0, 0.1) is 0 Å². The SMILES string of the molecule is CC1=C(C(=O)Nc2cccc(C[S@@](C)=O)c2)Cc2ccccc2O1. The lowest BCUT2D eigenvalue weighted by Crippen LogP contribution is -2.21. The number of nitrogens with one attached hydrogen (secondary N) is 1. The number of hydrogen-bond donors (Lipinski definition) is 1. The zero-order valence-electron chi connectivity index (χ0n) is 13.7. The molecule has 124 valence electrons. The lowest BCUT2D eigenvalue weighted by Gasteiger charge is -2.21. The van der Waals surface area contributed by atoms with Crippen LogP contribution in [0.2, 0.25) is 0 Å². The molecule has 0 spiro atoms. The van der Waals surface area contributed by atoms with Crippen LogP contribution in [0.15, 0.2) is 59.9 Å². The summed E-state index contributed by atoms with van der Waals surface area (Å²) in [6.07, 6.45) is 2.21. The van der Waals surface area contributed by atoms with E-state index in [1.807, 2.05) is 55.5 Å². The van der Waals surface area contributed by atoms with Crippen molar-refractivity contribution < 1.29 is 13.7 Å². The molecular formula is C19H19NO3S. The highest BCUT2D eigenvalue weighted by Crippen LogP contribution is 2.30. The topological polar surface area (TPSA) is 55.4 Å². The van der Waals surface area contributed by atoms with E-state index in [1.54, 1.807) is 6.26 Å². The number of rotatable bonds is 4. The standard InChI is InChI=1S/C19H19NO3S/c1-13-17(11-15-7-3-4-9-18(15)23-13)19(21)20-16-8-5-6-14(10-16)12-24(2)22/h3-10H,11-12H2,1-2H3,(H,20,21)/t24-/m1/s1. The van der Waals surface area contributed by atoms with Crippen LogP contribution in [0.5, 0.6) is 5.75 Å². The van der Waals surface area contributed by atoms with E-state index in [0.29, 0.717) is 29.2 Å². The fourth-order valence-corrected chi connectivity index (χ4v) is 3.36. The van der Waals surface area contributed by atoms with Gasteiger partial charge in [-0.25, -0.2) is 0 Å². The summed E-state index contributed by atoms with van der Waals surface area (Å²) in [7, 11) is -0.914. The maximum atomic E-state index is 12.6. The maximum absolute atomic E-state index is 12.6. The minimum Gasteiger partial charge on any atom is -0.461 e. The monoisotopic (exact) mass is 341 g/mol. The van der Waals surface area contributed by atoms with E-state index in [-0.39, 0.29) is 5.91 Å². The first-order valence-corrected chi connectivity index (χ1v) is 9.41. The van der Waals surface area contributed by atoms with E-state index in [1.165, 1.54) is 0 Å². The number of para-hydroxylation sites is 1. The van der Waals surface area contributed by atoms with Gasteiger partial charge in [0.1, 0.15) is 11.5 Å². The number of carbonyl (C=O) groups is 1. The first kappa shape index (κ1) is 16.5. The summed E-state index contributed by atoms with van der Waals surface area (Å²) < 4.78 is 17.1. The van der Waals surface area contributed by atoms with E-state index in [4.69, 9.17) is 4.74 Å². The van der Waals surface area contributed by atoms with Crippen molar-refractivity contribution in [2.24, 2.45) is 0 Å². The fourth-order valence-electron chi connectivity index (χ4n) is 2.71. The van der Waals surface area contributed by atoms with Gasteiger partial charge in [-0.15, -0.1) is 0 Å². The summed E-state index contributed by atoms with van der Waals surface area (Å²) in [6, 6.07) is 15.2. The van der Waals surface area contributed by atoms with Gasteiger partial charge in [-0.05, 0) is 36.2 Å². The van der Waals surface area contributed by atoms with E-state index in [2.05, 4.69) is 5.32 Å². The van der Waals surface area contributed by atoms with Crippen molar-refractivity contribution in [3.63, 3.8) is 0 Å². The number of allylic oxidation sites excluding steroid dienone is 1. The van der Waals surface area contributed by atoms with Crippen LogP contribution >= 0.6 is 0 Å². The summed E-state index contributed by atoms with van der Waals surface area (Å²) in [5.41, 5.74) is 3.26. The Hall–Kier alpha value is -2.40. The van der Waals surface area contributed by atoms with E-state index in [0.717, 1.165) is 16.9 Å². The Balaban J connectivity index is 1.77. The Kier molecular flexibility index (Phi) is 4.81. The molecule has 0 saturated carbocycles. The summed E-state index contributed by atoms with van der Waals surface area (Å²) >= 11 is 0. The van der Waals surface area contributed by atoms with Crippen molar-refractivity contribution in [2.45, 2.75) is 19.1 Å². The van der Waals surface area contributed by atoms with Crippen LogP contribution in [0.25, 0.3) is 0 Å². The largest absolute Gasteiger partial charge is 0.461 e. The second-order valence-electron chi connectivity index (χ2n) is 5.79. The Bertz CT molecular complexity index is 842. The van der Waals surface area contributed by atoms with Crippen LogP contribution in [0.1, 0.15) is 18.1 Å². The Labute approximate surface area is 144 Å². The van der Waals surface area contributed by atoms with Gasteiger partial charge in [0, 0.05) is 34.9 Å². The fraction of sp³-hybridized carbons (Fsp3) is 0.211. The third-order valence-electron chi connectivity index (χ3n) is 3.86. The van der Waals surface area contributed by atoms with Crippen LogP contribution in [-0.2, 0) is 27.8 Å². The van der Waals surface area contributed by atoms with Crippen LogP contribution in [0.4, 0.5) is 5.69 Å². The average molecular weight is 341 g/mol. The molecule has 0 bridgehead atoms. The number of anilines is 1. The van der Waals surface area contributed by atoms with Crippen LogP contribution in [-0.4, -0.2) is 16.4 Å². The molecule has 0 unspecified atom stereocenters. The second kappa shape index (κ2) is 7.01. The van der Waals surface area contributed by atoms with Crippen molar-refractivity contribution in [1.29, 1.82) is 0 Å². The zero-order valence-corrected chi connectivity index (χ0v) is 14.5. The predicted octanol–water partition coefficient (Wildman–Crippen LogP) is 3.41. The molecule has 5 heteroatoms. The molecule has 3 rings (SSSR count). The molecule has 2 aromatic rings. The Morgan fingerprint density at radius 3 is 2.79 bits per heavy atom. The van der Waals surface area contributed by atoms with Gasteiger partial charge in [0.15, 0.2) is 0 Å². The molecule has 1 amide bonds. The molecule has 1 N–H and O–H groups in total. The molecule has 2 aromatic carbocycles. The zero-order chi connectivity index (χ0) is 17.1. The second-order valence-corrected chi connectivity index (χ2v) is 7.23. The number of hydrogen-bond acceptors (Lipinski definition) is 3. The van der Waals surface area contributed by atoms with E-state index in [9.17, 15) is 9.00 Å². The summed E-state index contributed by atoms with van der Waals surface area (Å²) in [5.74, 6) is 1.73. The highest BCUT2D eigenvalue weighted by Gasteiger charge is 2.22. The molecule has 0 fully saturated rings. The van der Waals surface area contributed by atoms with Gasteiger partial charge in [-0.3, -0.25) is 9.00 Å². The van der Waals surface area contributed by atoms with Crippen molar-refractivity contribution in [3.8, 4) is 5.75 Å². The third kappa shape index (κ3) is 3.74. The van der Waals surface area contributed by atoms with Gasteiger partial charge < -0.3 is 10.1 Å². The molecule has 0 saturated heterocycles. The minimum atomic E-state index is -0.914. The van der Waals surface area contributed by atoms with Crippen molar-refractivity contribution >= 4 is 22.4 Å². The minimum absolute atomic E-state index is 0.170. The van der Waals surface area contributed by atoms with Gasteiger partial charge in [0.25, 0.3) is 5.91 Å². The first-order valence-electron chi connectivity index (χ1n) is 7.69. The number of ether oxygens (including phenoxy) is 1. The molecule has 1 aliphatic rings. The predicted molar refractivity (Wildman–Crippen MR) is 96.3 cm³/mol. The Morgan fingerprint density at radius 1 is 1.21 bits per heavy atom. The van der Waals surface area contributed by atoms with Crippen LogP contribution in [0.3, 0.4) is 0 Å². The summed E-state index contributed by atoms with van der Waals surface area (Å²) in [5, 5.41) is 2.91. The highest BCUT2D eigenvalue weighted by molar-refractivity contribution is 7.83. The van der Waals surface area contributed by atoms with Gasteiger partial charge in [0.2, 0.25) is 0 Å². The average Bonchev–Trinajstić information content (AvgIpc) is 2.53. The summed E-state index contributed by atoms with van der Waals surface area (Å²) in [4.78, 5) is 12.6. The number of fused-ring (bicyclic) bond motifs is 1. The molecule has 4 nitrogen and oxygen atoms in total. The molecule has 0 radical (unpaired) electrons. The summed E-state index contributed by atoms with van der Waals surface area (Å²) in [6.45, 7) is 1.81. The first-order chi connectivity index (χ1) is 11.5. The van der Waals surface area contributed by atoms with E-state index >= 15 is 0 Å². The lowest BCUT2D eigenvalue weighted by molar-refractivity contribution is -0.113. The third-order valence-corrected chi connectivity index (χ3v) is 4.60. The van der Waals surface area contributed by atoms with Gasteiger partial charge in [0.05, 0.1) is 5.57 Å². The van der Waals surface area contributed by atoms with Crippen molar-refractivity contribution in [2.75, 3.05) is 11.6 Å². The smallest absolute Gasteiger partial charge is 0.255 e. The molecular weight excluding hydrogens is 322 g/mol. The number of benzene rings is 2. The van der Waals surface area contributed by atoms with Crippen molar-refractivity contribution in [3.05, 3.63) is 71.0 Å². The normalized spacial score (nSPS) is 14.6. The van der Waals surface area contributed by atoms with E-state index < -0.39 is 10.8 Å². The molecule has 0 aromatic heterocycles. The van der Waals surface area contributed by atoms with Gasteiger partial charge >= 0.3 is 0 Å². The molecule has 1 atom stereocenters. The van der Waals surface area contributed by atoms with Crippen molar-refractivity contribution in [1.82, 2.24) is 0 Å². The Morgan fingerprint density at radius 2 is 2.00 bits per heavy atom. The molecule has 0 aliphatic carbocycles. The van der Waals surface area contributed by atoms with Gasteiger partial charge in [-0.1, -0.05) is 30.3 Å². The molecule has 24 heavy (non-hydrogen) atoms. The number of carbonyl (C=O) groups excluding carboxylic acids is 1. The van der Waals surface area contributed by atoms with Gasteiger partial charge in [-0.2, -0.15) is 0 Å². The maximum Gasteiger partial charge on any atom is 0.255 e. The molecule has 1 aliphatic heterocycles. The lowest BCUT2D eigenvalue weighted by atomic mass is 10.00. The highest BCUT2D eigenvalue weighted by atomic mass is 32.2. The quantitative estimate of drug-likeness (QED) is 0.927. The van der Waals surface area contributed by atoms with Crippen LogP contribution < -0.4 is 10.1 Å². The number of amides is 1.